The second kappa shape index (κ2) is 8.08. The fourth-order valence-electron chi connectivity index (χ4n) is 3.58. The SMILES string of the molecule is C=CC(=C)N1CCC(COc2c(C(C)(C)C)cc(F)cc2C(C)(C)C)CC1. The molecule has 0 aliphatic carbocycles. The minimum atomic E-state index is -0.187. The number of likely N-dealkylation sites (tertiary alicyclic amines) is 1. The highest BCUT2D eigenvalue weighted by atomic mass is 19.1. The summed E-state index contributed by atoms with van der Waals surface area (Å²) < 4.78 is 20.7. The normalized spacial score (nSPS) is 16.3. The van der Waals surface area contributed by atoms with Crippen molar-refractivity contribution in [3.8, 4) is 5.75 Å². The van der Waals surface area contributed by atoms with E-state index < -0.39 is 0 Å². The van der Waals surface area contributed by atoms with Crippen LogP contribution in [-0.2, 0) is 10.8 Å². The number of halogens is 1. The van der Waals surface area contributed by atoms with Gasteiger partial charge in [0.05, 0.1) is 6.61 Å². The molecule has 1 aliphatic heterocycles. The molecule has 0 atom stereocenters. The first-order chi connectivity index (χ1) is 12.4. The number of allylic oxidation sites excluding steroid dienone is 1. The van der Waals surface area contributed by atoms with Gasteiger partial charge in [0.25, 0.3) is 0 Å². The van der Waals surface area contributed by atoms with Crippen molar-refractivity contribution in [1.29, 1.82) is 0 Å². The molecule has 27 heavy (non-hydrogen) atoms. The molecule has 0 saturated carbocycles. The van der Waals surface area contributed by atoms with Gasteiger partial charge < -0.3 is 9.64 Å². The van der Waals surface area contributed by atoms with E-state index in [1.807, 2.05) is 6.08 Å². The lowest BCUT2D eigenvalue weighted by molar-refractivity contribution is 0.163. The van der Waals surface area contributed by atoms with Crippen LogP contribution in [-0.4, -0.2) is 24.6 Å². The zero-order valence-electron chi connectivity index (χ0n) is 18.0. The highest BCUT2D eigenvalue weighted by Crippen LogP contribution is 2.41. The molecule has 1 fully saturated rings. The van der Waals surface area contributed by atoms with Crippen LogP contribution in [0.25, 0.3) is 0 Å². The molecule has 2 rings (SSSR count). The minimum absolute atomic E-state index is 0.178. The van der Waals surface area contributed by atoms with Gasteiger partial charge in [-0.1, -0.05) is 54.7 Å². The molecule has 1 aliphatic rings. The van der Waals surface area contributed by atoms with Gasteiger partial charge in [0.2, 0.25) is 0 Å². The summed E-state index contributed by atoms with van der Waals surface area (Å²) in [5.74, 6) is 1.19. The van der Waals surface area contributed by atoms with Gasteiger partial charge in [0.1, 0.15) is 11.6 Å². The van der Waals surface area contributed by atoms with Crippen LogP contribution in [0.15, 0.2) is 37.1 Å². The monoisotopic (exact) mass is 373 g/mol. The number of hydrogen-bond donors (Lipinski definition) is 0. The van der Waals surface area contributed by atoms with Gasteiger partial charge in [-0.15, -0.1) is 0 Å². The Hall–Kier alpha value is -1.77. The van der Waals surface area contributed by atoms with Crippen LogP contribution in [0.3, 0.4) is 0 Å². The van der Waals surface area contributed by atoms with Crippen LogP contribution in [0, 0.1) is 11.7 Å². The lowest BCUT2D eigenvalue weighted by Crippen LogP contribution is -2.34. The maximum atomic E-state index is 14.3. The lowest BCUT2D eigenvalue weighted by Gasteiger charge is -2.35. The quantitative estimate of drug-likeness (QED) is 0.569. The molecule has 1 aromatic carbocycles. The van der Waals surface area contributed by atoms with Gasteiger partial charge >= 0.3 is 0 Å². The van der Waals surface area contributed by atoms with Crippen molar-refractivity contribution in [2.45, 2.75) is 65.2 Å². The number of ether oxygens (including phenoxy) is 1. The van der Waals surface area contributed by atoms with E-state index in [1.54, 1.807) is 12.1 Å². The van der Waals surface area contributed by atoms with Gasteiger partial charge in [-0.2, -0.15) is 0 Å². The second-order valence-electron chi connectivity index (χ2n) is 9.77. The topological polar surface area (TPSA) is 12.5 Å². The molecule has 0 aromatic heterocycles. The van der Waals surface area contributed by atoms with Crippen molar-refractivity contribution in [3.05, 3.63) is 54.0 Å². The van der Waals surface area contributed by atoms with E-state index >= 15 is 0 Å². The Balaban J connectivity index is 2.21. The second-order valence-corrected chi connectivity index (χ2v) is 9.77. The first-order valence-electron chi connectivity index (χ1n) is 9.97. The van der Waals surface area contributed by atoms with Gasteiger partial charge in [-0.25, -0.2) is 4.39 Å². The minimum Gasteiger partial charge on any atom is -0.493 e. The highest BCUT2D eigenvalue weighted by Gasteiger charge is 2.29. The third-order valence-electron chi connectivity index (χ3n) is 5.39. The van der Waals surface area contributed by atoms with E-state index in [4.69, 9.17) is 4.74 Å². The van der Waals surface area contributed by atoms with Crippen LogP contribution in [0.5, 0.6) is 5.75 Å². The van der Waals surface area contributed by atoms with Crippen molar-refractivity contribution in [2.24, 2.45) is 5.92 Å². The molecule has 0 radical (unpaired) electrons. The number of nitrogens with zero attached hydrogens (tertiary/aromatic N) is 1. The molecule has 0 amide bonds. The van der Waals surface area contributed by atoms with Crippen LogP contribution in [0.1, 0.15) is 65.5 Å². The average Bonchev–Trinajstić information content (AvgIpc) is 2.58. The van der Waals surface area contributed by atoms with Crippen LogP contribution in [0.4, 0.5) is 4.39 Å². The first-order valence-corrected chi connectivity index (χ1v) is 9.97. The first kappa shape index (κ1) is 21.5. The summed E-state index contributed by atoms with van der Waals surface area (Å²) in [6.45, 7) is 23.2. The number of hydrogen-bond acceptors (Lipinski definition) is 2. The van der Waals surface area contributed by atoms with Gasteiger partial charge in [-0.05, 0) is 47.8 Å². The molecule has 1 saturated heterocycles. The Kier molecular flexibility index (Phi) is 6.44. The van der Waals surface area contributed by atoms with Crippen LogP contribution < -0.4 is 4.74 Å². The molecule has 0 bridgehead atoms. The Morgan fingerprint density at radius 2 is 1.59 bits per heavy atom. The lowest BCUT2D eigenvalue weighted by atomic mass is 9.79. The summed E-state index contributed by atoms with van der Waals surface area (Å²) >= 11 is 0. The Labute approximate surface area is 165 Å². The van der Waals surface area contributed by atoms with Gasteiger partial charge in [0, 0.05) is 29.9 Å². The van der Waals surface area contributed by atoms with E-state index in [-0.39, 0.29) is 16.6 Å². The number of benzene rings is 1. The Morgan fingerprint density at radius 3 is 2.00 bits per heavy atom. The average molecular weight is 374 g/mol. The van der Waals surface area contributed by atoms with Crippen LogP contribution in [0.2, 0.25) is 0 Å². The zero-order valence-corrected chi connectivity index (χ0v) is 18.0. The van der Waals surface area contributed by atoms with Crippen molar-refractivity contribution in [2.75, 3.05) is 19.7 Å². The smallest absolute Gasteiger partial charge is 0.126 e. The summed E-state index contributed by atoms with van der Waals surface area (Å²) in [5, 5.41) is 0. The summed E-state index contributed by atoms with van der Waals surface area (Å²) in [7, 11) is 0. The fourth-order valence-corrected chi connectivity index (χ4v) is 3.58. The molecule has 0 spiro atoms. The van der Waals surface area contributed by atoms with Gasteiger partial charge in [0.15, 0.2) is 0 Å². The number of piperidine rings is 1. The Bertz CT molecular complexity index is 650. The molecule has 1 aromatic rings. The molecule has 0 unspecified atom stereocenters. The summed E-state index contributed by atoms with van der Waals surface area (Å²) in [6, 6.07) is 3.28. The maximum absolute atomic E-state index is 14.3. The third-order valence-corrected chi connectivity index (χ3v) is 5.39. The molecular formula is C24H36FNO. The van der Waals surface area contributed by atoms with Gasteiger partial charge in [-0.3, -0.25) is 0 Å². The third kappa shape index (κ3) is 5.37. The van der Waals surface area contributed by atoms with E-state index in [2.05, 4.69) is 59.6 Å². The van der Waals surface area contributed by atoms with Crippen LogP contribution >= 0.6 is 0 Å². The molecule has 0 N–H and O–H groups in total. The predicted molar refractivity (Wildman–Crippen MR) is 113 cm³/mol. The summed E-state index contributed by atoms with van der Waals surface area (Å²) in [4.78, 5) is 2.28. The maximum Gasteiger partial charge on any atom is 0.126 e. The Morgan fingerprint density at radius 1 is 1.11 bits per heavy atom. The van der Waals surface area contributed by atoms with Crippen molar-refractivity contribution >= 4 is 0 Å². The van der Waals surface area contributed by atoms with E-state index in [9.17, 15) is 4.39 Å². The zero-order chi connectivity index (χ0) is 20.4. The highest BCUT2D eigenvalue weighted by molar-refractivity contribution is 5.48. The van der Waals surface area contributed by atoms with Crippen molar-refractivity contribution in [1.82, 2.24) is 4.90 Å². The van der Waals surface area contributed by atoms with Crippen molar-refractivity contribution < 1.29 is 9.13 Å². The standard InChI is InChI=1S/C24H36FNO/c1-9-17(2)26-12-10-18(11-13-26)16-27-22-20(23(3,4)5)14-19(25)15-21(22)24(6,7)8/h9,14-15,18H,1-2,10-13,16H2,3-8H3. The molecule has 1 heterocycles. The van der Waals surface area contributed by atoms with E-state index in [0.717, 1.165) is 48.5 Å². The molecular weight excluding hydrogens is 337 g/mol. The number of rotatable bonds is 5. The molecule has 2 nitrogen and oxygen atoms in total. The largest absolute Gasteiger partial charge is 0.493 e. The van der Waals surface area contributed by atoms with Crippen molar-refractivity contribution in [3.63, 3.8) is 0 Å². The predicted octanol–water partition coefficient (Wildman–Crippen LogP) is 6.21. The molecule has 150 valence electrons. The van der Waals surface area contributed by atoms with E-state index in [1.165, 1.54) is 0 Å². The van der Waals surface area contributed by atoms with E-state index in [0.29, 0.717) is 12.5 Å². The molecule has 3 heteroatoms. The summed E-state index contributed by atoms with van der Waals surface area (Å²) in [5.41, 5.74) is 2.54. The summed E-state index contributed by atoms with van der Waals surface area (Å²) in [6.07, 6.45) is 3.97. The fraction of sp³-hybridized carbons (Fsp3) is 0.583.